The van der Waals surface area contributed by atoms with E-state index in [4.69, 9.17) is 0 Å². The zero-order chi connectivity index (χ0) is 32.6. The van der Waals surface area contributed by atoms with E-state index in [1.807, 2.05) is 36.7 Å². The summed E-state index contributed by atoms with van der Waals surface area (Å²) in [6, 6.07) is 50.8. The Kier molecular flexibility index (Phi) is 8.54. The summed E-state index contributed by atoms with van der Waals surface area (Å²) in [6.45, 7) is 0. The van der Waals surface area contributed by atoms with Gasteiger partial charge in [0, 0.05) is 52.3 Å². The van der Waals surface area contributed by atoms with Gasteiger partial charge in [-0.15, -0.1) is 24.3 Å². The molecule has 0 amide bonds. The monoisotopic (exact) mass is 821 g/mol. The van der Waals surface area contributed by atoms with E-state index in [1.165, 1.54) is 44.3 Å². The Hall–Kier alpha value is -5.83. The van der Waals surface area contributed by atoms with Crippen LogP contribution in [0.3, 0.4) is 0 Å². The van der Waals surface area contributed by atoms with Gasteiger partial charge in [0.15, 0.2) is 0 Å². The molecule has 1 aliphatic rings. The summed E-state index contributed by atoms with van der Waals surface area (Å²) in [7, 11) is 0. The van der Waals surface area contributed by atoms with Crippen LogP contribution in [0.2, 0.25) is 0 Å². The summed E-state index contributed by atoms with van der Waals surface area (Å²) in [6.07, 6.45) is 15.5. The third-order valence-corrected chi connectivity index (χ3v) is 9.15. The maximum absolute atomic E-state index is 4.68. The maximum atomic E-state index is 4.68. The predicted molar refractivity (Wildman–Crippen MR) is 200 cm³/mol. The minimum atomic E-state index is 0. The number of pyridine rings is 2. The molecule has 5 heteroatoms. The van der Waals surface area contributed by atoms with Gasteiger partial charge in [-0.2, -0.15) is 24.3 Å². The molecule has 0 saturated carbocycles. The van der Waals surface area contributed by atoms with Crippen LogP contribution in [-0.4, -0.2) is 14.5 Å². The second-order valence-corrected chi connectivity index (χ2v) is 12.1. The van der Waals surface area contributed by atoms with Crippen molar-refractivity contribution in [2.24, 2.45) is 0 Å². The largest absolute Gasteiger partial charge is 2.00 e. The van der Waals surface area contributed by atoms with Crippen LogP contribution < -0.4 is 4.90 Å². The molecule has 50 heavy (non-hydrogen) atoms. The Morgan fingerprint density at radius 3 is 1.54 bits per heavy atom. The molecule has 0 atom stereocenters. The molecule has 0 spiro atoms. The summed E-state index contributed by atoms with van der Waals surface area (Å²) >= 11 is 0. The molecule has 1 aliphatic heterocycles. The normalized spacial score (nSPS) is 12.4. The summed E-state index contributed by atoms with van der Waals surface area (Å²) in [5.41, 5.74) is 13.0. The van der Waals surface area contributed by atoms with Gasteiger partial charge >= 0.3 is 21.1 Å². The predicted octanol–water partition coefficient (Wildman–Crippen LogP) is 10.7. The Morgan fingerprint density at radius 2 is 0.960 bits per heavy atom. The Morgan fingerprint density at radius 1 is 0.500 bits per heavy atom. The first kappa shape index (κ1) is 31.4. The molecule has 0 unspecified atom stereocenters. The number of para-hydroxylation sites is 4. The van der Waals surface area contributed by atoms with E-state index in [1.54, 1.807) is 0 Å². The molecule has 0 bridgehead atoms. The van der Waals surface area contributed by atoms with Crippen molar-refractivity contribution in [2.45, 2.75) is 6.42 Å². The number of hydrogen-bond donors (Lipinski definition) is 0. The molecule has 4 heterocycles. The van der Waals surface area contributed by atoms with E-state index in [0.717, 1.165) is 40.3 Å². The van der Waals surface area contributed by atoms with Crippen LogP contribution in [0.5, 0.6) is 0 Å². The molecule has 3 aromatic heterocycles. The number of benzene rings is 5. The molecule has 0 radical (unpaired) electrons. The van der Waals surface area contributed by atoms with Crippen LogP contribution in [-0.2, 0) is 27.5 Å². The molecule has 9 rings (SSSR count). The van der Waals surface area contributed by atoms with Crippen LogP contribution in [0.15, 0.2) is 158 Å². The smallest absolute Gasteiger partial charge is 0.311 e. The third-order valence-electron chi connectivity index (χ3n) is 9.15. The molecule has 4 nitrogen and oxygen atoms in total. The van der Waals surface area contributed by atoms with Crippen molar-refractivity contribution in [3.63, 3.8) is 0 Å². The molecule has 0 fully saturated rings. The van der Waals surface area contributed by atoms with Crippen LogP contribution >= 0.6 is 0 Å². The minimum absolute atomic E-state index is 0. The third kappa shape index (κ3) is 5.78. The van der Waals surface area contributed by atoms with Crippen LogP contribution in [0, 0.1) is 12.2 Å². The number of nitrogens with zero attached hydrogens (tertiary/aromatic N) is 4. The summed E-state index contributed by atoms with van der Waals surface area (Å²) in [5, 5.41) is 2.47. The summed E-state index contributed by atoms with van der Waals surface area (Å²) in [4.78, 5) is 11.7. The zero-order valence-corrected chi connectivity index (χ0v) is 29.3. The topological polar surface area (TPSA) is 34.0 Å². The van der Waals surface area contributed by atoms with Gasteiger partial charge in [0.2, 0.25) is 0 Å². The Labute approximate surface area is 306 Å². The first-order valence-electron chi connectivity index (χ1n) is 16.5. The number of hydrogen-bond acceptors (Lipinski definition) is 3. The van der Waals surface area contributed by atoms with Crippen molar-refractivity contribution in [1.29, 1.82) is 0 Å². The first-order chi connectivity index (χ1) is 24.3. The number of aromatic nitrogens is 3. The van der Waals surface area contributed by atoms with E-state index in [9.17, 15) is 0 Å². The molecule has 8 aromatic rings. The van der Waals surface area contributed by atoms with Crippen molar-refractivity contribution >= 4 is 51.0 Å². The Bertz CT molecular complexity index is 2460. The van der Waals surface area contributed by atoms with Crippen molar-refractivity contribution in [3.8, 4) is 5.69 Å². The van der Waals surface area contributed by atoms with E-state index in [-0.39, 0.29) is 21.1 Å². The fraction of sp³-hybridized carbons (Fsp3) is 0.0222. The molecular weight excluding hydrogens is 792 g/mol. The summed E-state index contributed by atoms with van der Waals surface area (Å²) < 4.78 is 2.30. The average Bonchev–Trinajstić information content (AvgIpc) is 3.50. The van der Waals surface area contributed by atoms with Crippen molar-refractivity contribution in [2.75, 3.05) is 4.90 Å². The molecular formula is C45H30N4Pt. The van der Waals surface area contributed by atoms with E-state index in [0.29, 0.717) is 0 Å². The van der Waals surface area contributed by atoms with Gasteiger partial charge in [-0.05, 0) is 58.9 Å². The van der Waals surface area contributed by atoms with Crippen LogP contribution in [0.1, 0.15) is 33.6 Å². The van der Waals surface area contributed by atoms with Crippen molar-refractivity contribution in [3.05, 3.63) is 204 Å². The van der Waals surface area contributed by atoms with Crippen molar-refractivity contribution in [1.82, 2.24) is 14.5 Å². The van der Waals surface area contributed by atoms with Gasteiger partial charge in [-0.1, -0.05) is 84.9 Å². The van der Waals surface area contributed by atoms with Gasteiger partial charge in [0.1, 0.15) is 0 Å². The van der Waals surface area contributed by atoms with E-state index >= 15 is 0 Å². The number of rotatable bonds is 6. The van der Waals surface area contributed by atoms with Gasteiger partial charge in [-0.25, -0.2) is 11.1 Å². The maximum Gasteiger partial charge on any atom is 2.00 e. The SMILES string of the molecule is [C-](=Cc1cc(N2c3ccccc3Cc3ccccc32)ccn1)c1ccccc1[C-]=Cc1cc(-n2c3ccccc3c3ccccc32)ccn1.[Pt+2]. The zero-order valence-electron chi connectivity index (χ0n) is 27.0. The first-order valence-corrected chi connectivity index (χ1v) is 16.5. The second-order valence-electron chi connectivity index (χ2n) is 12.1. The van der Waals surface area contributed by atoms with E-state index in [2.05, 4.69) is 165 Å². The average molecular weight is 822 g/mol. The summed E-state index contributed by atoms with van der Waals surface area (Å²) in [5.74, 6) is 0. The molecule has 0 N–H and O–H groups in total. The molecule has 0 aliphatic carbocycles. The number of anilines is 3. The fourth-order valence-corrected chi connectivity index (χ4v) is 6.92. The van der Waals surface area contributed by atoms with Crippen LogP contribution in [0.4, 0.5) is 17.1 Å². The van der Waals surface area contributed by atoms with Gasteiger partial charge < -0.3 is 19.4 Å². The molecule has 0 saturated heterocycles. The van der Waals surface area contributed by atoms with E-state index < -0.39 is 0 Å². The van der Waals surface area contributed by atoms with Gasteiger partial charge in [0.25, 0.3) is 0 Å². The second kappa shape index (κ2) is 13.6. The van der Waals surface area contributed by atoms with Crippen molar-refractivity contribution < 1.29 is 21.1 Å². The van der Waals surface area contributed by atoms with Gasteiger partial charge in [-0.3, -0.25) is 0 Å². The Balaban J connectivity index is 0.00000361. The van der Waals surface area contributed by atoms with Gasteiger partial charge in [0.05, 0.1) is 11.0 Å². The quantitative estimate of drug-likeness (QED) is 0.157. The fourth-order valence-electron chi connectivity index (χ4n) is 6.92. The standard InChI is InChI=1S/C45H30N4.Pt/c1-2-12-33(22-24-37-31-39(26-28-47-37)49-44-19-9-5-15-40(44)41-16-6-10-20-45(41)49)32(11-1)21-23-36-30-38(25-27-46-36)48-42-17-7-3-13-34(42)29-35-14-4-8-18-43(35)48;/h1-20,23-28,30-31H,29H2;/q-2;+2. The van der Waals surface area contributed by atoms with Crippen LogP contribution in [0.25, 0.3) is 39.6 Å². The molecule has 240 valence electrons. The number of fused-ring (bicyclic) bond motifs is 5. The minimum Gasteiger partial charge on any atom is -0.311 e. The molecule has 5 aromatic carbocycles.